The van der Waals surface area contributed by atoms with Crippen molar-refractivity contribution in [2.45, 2.75) is 0 Å². The van der Waals surface area contributed by atoms with Crippen LogP contribution < -0.4 is 0 Å². The molecule has 0 aromatic heterocycles. The monoisotopic (exact) mass is 200 g/mol. The number of ether oxygens (including phenoxy) is 1. The highest BCUT2D eigenvalue weighted by atomic mass is 35.5. The lowest BCUT2D eigenvalue weighted by Crippen LogP contribution is -2.19. The molecule has 0 fully saturated rings. The van der Waals surface area contributed by atoms with E-state index in [-0.39, 0.29) is 10.6 Å². The van der Waals surface area contributed by atoms with Crippen molar-refractivity contribution in [1.29, 1.82) is 0 Å². The lowest BCUT2D eigenvalue weighted by atomic mass is 10.0. The maximum absolute atomic E-state index is 11.1. The Kier molecular flexibility index (Phi) is 2.63. The van der Waals surface area contributed by atoms with Crippen molar-refractivity contribution < 1.29 is 19.1 Å². The van der Waals surface area contributed by atoms with Crippen LogP contribution in [0.25, 0.3) is 0 Å². The molecule has 0 aromatic carbocycles. The first-order valence-electron chi connectivity index (χ1n) is 3.32. The van der Waals surface area contributed by atoms with Gasteiger partial charge in [-0.2, -0.15) is 0 Å². The number of hydrogen-bond acceptors (Lipinski definition) is 4. The molecule has 0 amide bonds. The van der Waals surface area contributed by atoms with Crippen LogP contribution in [0.5, 0.6) is 0 Å². The average Bonchev–Trinajstić information content (AvgIpc) is 2.10. The van der Waals surface area contributed by atoms with Crippen molar-refractivity contribution in [2.24, 2.45) is 0 Å². The first-order chi connectivity index (χ1) is 6.06. The molecular weight excluding hydrogens is 196 g/mol. The third-order valence-electron chi connectivity index (χ3n) is 1.42. The van der Waals surface area contributed by atoms with Crippen LogP contribution >= 0.6 is 11.6 Å². The molecule has 1 rings (SSSR count). The van der Waals surface area contributed by atoms with Crippen LogP contribution in [0.1, 0.15) is 0 Å². The lowest BCUT2D eigenvalue weighted by Gasteiger charge is -2.06. The van der Waals surface area contributed by atoms with Gasteiger partial charge in [-0.1, -0.05) is 11.6 Å². The van der Waals surface area contributed by atoms with Crippen molar-refractivity contribution in [3.63, 3.8) is 0 Å². The summed E-state index contributed by atoms with van der Waals surface area (Å²) in [6, 6.07) is 0. The highest BCUT2D eigenvalue weighted by Gasteiger charge is 2.26. The Morgan fingerprint density at radius 3 is 2.54 bits per heavy atom. The fourth-order valence-electron chi connectivity index (χ4n) is 0.830. The summed E-state index contributed by atoms with van der Waals surface area (Å²) in [6.07, 6.45) is 1.86. The van der Waals surface area contributed by atoms with Crippen molar-refractivity contribution in [3.8, 4) is 0 Å². The summed E-state index contributed by atoms with van der Waals surface area (Å²) in [4.78, 5) is 32.9. The SMILES string of the molecule is COC(=O)C1=CC(=O)C=C(Cl)C1=O. The van der Waals surface area contributed by atoms with E-state index in [1.165, 1.54) is 0 Å². The summed E-state index contributed by atoms with van der Waals surface area (Å²) in [5, 5.41) is -0.270. The Hall–Kier alpha value is -1.42. The van der Waals surface area contributed by atoms with Gasteiger partial charge in [0.05, 0.1) is 12.1 Å². The van der Waals surface area contributed by atoms with E-state index in [1.54, 1.807) is 0 Å². The molecule has 0 heterocycles. The van der Waals surface area contributed by atoms with Gasteiger partial charge in [-0.25, -0.2) is 4.79 Å². The molecule has 13 heavy (non-hydrogen) atoms. The second-order valence-electron chi connectivity index (χ2n) is 2.27. The molecule has 1 aliphatic rings. The van der Waals surface area contributed by atoms with Crippen molar-refractivity contribution in [2.75, 3.05) is 7.11 Å². The molecule has 0 radical (unpaired) electrons. The predicted molar refractivity (Wildman–Crippen MR) is 44.0 cm³/mol. The van der Waals surface area contributed by atoms with Crippen LogP contribution in [0, 0.1) is 0 Å². The summed E-state index contributed by atoms with van der Waals surface area (Å²) in [5.41, 5.74) is -0.333. The normalized spacial score (nSPS) is 16.5. The number of hydrogen-bond donors (Lipinski definition) is 0. The number of methoxy groups -OCH3 is 1. The Bertz CT molecular complexity index is 351. The van der Waals surface area contributed by atoms with Crippen LogP contribution in [0.2, 0.25) is 0 Å². The van der Waals surface area contributed by atoms with Crippen LogP contribution in [-0.4, -0.2) is 24.6 Å². The molecule has 0 aliphatic heterocycles. The first kappa shape index (κ1) is 9.67. The third kappa shape index (κ3) is 1.84. The molecule has 0 aromatic rings. The molecule has 0 atom stereocenters. The quantitative estimate of drug-likeness (QED) is 0.348. The van der Waals surface area contributed by atoms with Gasteiger partial charge in [0.15, 0.2) is 5.78 Å². The van der Waals surface area contributed by atoms with Crippen LogP contribution in [0.3, 0.4) is 0 Å². The van der Waals surface area contributed by atoms with Gasteiger partial charge < -0.3 is 4.74 Å². The zero-order valence-electron chi connectivity index (χ0n) is 6.67. The lowest BCUT2D eigenvalue weighted by molar-refractivity contribution is -0.137. The smallest absolute Gasteiger partial charge is 0.342 e. The fourth-order valence-corrected chi connectivity index (χ4v) is 1.04. The van der Waals surface area contributed by atoms with E-state index in [0.717, 1.165) is 19.3 Å². The second-order valence-corrected chi connectivity index (χ2v) is 2.68. The minimum atomic E-state index is -0.857. The molecule has 5 heteroatoms. The van der Waals surface area contributed by atoms with Crippen LogP contribution in [-0.2, 0) is 19.1 Å². The minimum Gasteiger partial charge on any atom is -0.465 e. The standard InChI is InChI=1S/C8H5ClO4/c1-13-8(12)5-2-4(10)3-6(9)7(5)11/h2-3H,1H3. The fraction of sp³-hybridized carbons (Fsp3) is 0.125. The maximum Gasteiger partial charge on any atom is 0.342 e. The number of ketones is 2. The zero-order valence-corrected chi connectivity index (χ0v) is 7.42. The van der Waals surface area contributed by atoms with E-state index in [4.69, 9.17) is 11.6 Å². The van der Waals surface area contributed by atoms with Gasteiger partial charge in [0.1, 0.15) is 5.57 Å². The number of esters is 1. The summed E-state index contributed by atoms with van der Waals surface area (Å²) < 4.78 is 4.29. The molecule has 4 nitrogen and oxygen atoms in total. The predicted octanol–water partition coefficient (Wildman–Crippen LogP) is 0.360. The van der Waals surface area contributed by atoms with Gasteiger partial charge in [-0.15, -0.1) is 0 Å². The van der Waals surface area contributed by atoms with Gasteiger partial charge in [0.25, 0.3) is 0 Å². The summed E-state index contributed by atoms with van der Waals surface area (Å²) in [5.74, 6) is -2.04. The number of rotatable bonds is 1. The van der Waals surface area contributed by atoms with Gasteiger partial charge in [-0.05, 0) is 0 Å². The Labute approximate surface area is 78.8 Å². The van der Waals surface area contributed by atoms with E-state index in [2.05, 4.69) is 4.74 Å². The second kappa shape index (κ2) is 3.53. The first-order valence-corrected chi connectivity index (χ1v) is 3.70. The van der Waals surface area contributed by atoms with E-state index in [1.807, 2.05) is 0 Å². The molecule has 1 aliphatic carbocycles. The van der Waals surface area contributed by atoms with E-state index in [9.17, 15) is 14.4 Å². The van der Waals surface area contributed by atoms with Gasteiger partial charge in [0, 0.05) is 12.2 Å². The molecule has 0 unspecified atom stereocenters. The molecule has 0 saturated heterocycles. The maximum atomic E-state index is 11.1. The van der Waals surface area contributed by atoms with Crippen LogP contribution in [0.15, 0.2) is 22.8 Å². The topological polar surface area (TPSA) is 60.4 Å². The molecule has 68 valence electrons. The summed E-state index contributed by atoms with van der Waals surface area (Å²) in [6.45, 7) is 0. The highest BCUT2D eigenvalue weighted by molar-refractivity contribution is 6.51. The van der Waals surface area contributed by atoms with E-state index >= 15 is 0 Å². The van der Waals surface area contributed by atoms with Crippen LogP contribution in [0.4, 0.5) is 0 Å². The van der Waals surface area contributed by atoms with Crippen molar-refractivity contribution >= 4 is 29.1 Å². The Balaban J connectivity index is 3.06. The number of carbonyl (C=O) groups excluding carboxylic acids is 3. The van der Waals surface area contributed by atoms with Gasteiger partial charge in [0.2, 0.25) is 5.78 Å². The number of Topliss-reactive ketones (excluding diaryl/α,β-unsaturated/α-hetero) is 1. The third-order valence-corrected chi connectivity index (χ3v) is 1.70. The molecule has 0 N–H and O–H groups in total. The van der Waals surface area contributed by atoms with Crippen molar-refractivity contribution in [1.82, 2.24) is 0 Å². The Morgan fingerprint density at radius 1 is 1.38 bits per heavy atom. The van der Waals surface area contributed by atoms with Gasteiger partial charge >= 0.3 is 5.97 Å². The largest absolute Gasteiger partial charge is 0.465 e. The molecule has 0 bridgehead atoms. The van der Waals surface area contributed by atoms with E-state index < -0.39 is 17.5 Å². The van der Waals surface area contributed by atoms with Crippen molar-refractivity contribution in [3.05, 3.63) is 22.8 Å². The summed E-state index contributed by atoms with van der Waals surface area (Å²) >= 11 is 5.40. The minimum absolute atomic E-state index is 0.270. The number of carbonyl (C=O) groups is 3. The molecule has 0 saturated carbocycles. The molecule has 0 spiro atoms. The zero-order chi connectivity index (χ0) is 10.0. The van der Waals surface area contributed by atoms with Gasteiger partial charge in [-0.3, -0.25) is 9.59 Å². The average molecular weight is 201 g/mol. The molecular formula is C8H5ClO4. The number of halogens is 1. The van der Waals surface area contributed by atoms with E-state index in [0.29, 0.717) is 0 Å². The summed E-state index contributed by atoms with van der Waals surface area (Å²) in [7, 11) is 1.12. The highest BCUT2D eigenvalue weighted by Crippen LogP contribution is 2.16. The Morgan fingerprint density at radius 2 is 2.00 bits per heavy atom. The number of allylic oxidation sites excluding steroid dienone is 3.